The van der Waals surface area contributed by atoms with Crippen LogP contribution in [-0.2, 0) is 0 Å². The molecule has 3 rings (SSSR count). The van der Waals surface area contributed by atoms with Gasteiger partial charge in [0.15, 0.2) is 5.82 Å². The predicted octanol–water partition coefficient (Wildman–Crippen LogP) is 2.28. The van der Waals surface area contributed by atoms with Crippen molar-refractivity contribution in [1.82, 2.24) is 24.7 Å². The molecule has 29 heavy (non-hydrogen) atoms. The molecule has 1 N–H and O–H groups in total. The van der Waals surface area contributed by atoms with Gasteiger partial charge in [0.2, 0.25) is 0 Å². The van der Waals surface area contributed by atoms with Gasteiger partial charge in [0.05, 0.1) is 0 Å². The molecule has 1 aromatic carbocycles. The smallest absolute Gasteiger partial charge is 0.272 e. The average molecular weight is 397 g/mol. The fourth-order valence-corrected chi connectivity index (χ4v) is 3.40. The zero-order chi connectivity index (χ0) is 20.6. The number of piperazine rings is 1. The highest BCUT2D eigenvalue weighted by Gasteiger charge is 2.23. The molecule has 1 amide bonds. The summed E-state index contributed by atoms with van der Waals surface area (Å²) in [6.45, 7) is 8.27. The number of aromatic nitrogens is 2. The van der Waals surface area contributed by atoms with Gasteiger partial charge in [0.1, 0.15) is 11.5 Å². The van der Waals surface area contributed by atoms with Crippen molar-refractivity contribution in [3.63, 3.8) is 0 Å². The molecule has 1 aromatic heterocycles. The van der Waals surface area contributed by atoms with Crippen LogP contribution in [0.25, 0.3) is 11.4 Å². The summed E-state index contributed by atoms with van der Waals surface area (Å²) in [5.41, 5.74) is 1.37. The molecular formula is C22H32N6O. The van der Waals surface area contributed by atoms with Gasteiger partial charge in [-0.1, -0.05) is 37.3 Å². The Balaban J connectivity index is 1.79. The molecule has 7 heteroatoms. The number of nitrogens with one attached hydrogen (secondary N) is 1. The van der Waals surface area contributed by atoms with Crippen molar-refractivity contribution in [1.29, 1.82) is 0 Å². The van der Waals surface area contributed by atoms with E-state index in [4.69, 9.17) is 0 Å². The fraction of sp³-hybridized carbons (Fsp3) is 0.500. The van der Waals surface area contributed by atoms with Gasteiger partial charge < -0.3 is 20.0 Å². The Morgan fingerprint density at radius 3 is 2.48 bits per heavy atom. The van der Waals surface area contributed by atoms with Gasteiger partial charge in [0, 0.05) is 44.4 Å². The lowest BCUT2D eigenvalue weighted by Crippen LogP contribution is -2.48. The number of hydrogen-bond donors (Lipinski definition) is 1. The van der Waals surface area contributed by atoms with Crippen LogP contribution in [0.2, 0.25) is 0 Å². The van der Waals surface area contributed by atoms with Crippen LogP contribution in [0.3, 0.4) is 0 Å². The van der Waals surface area contributed by atoms with Gasteiger partial charge in [0.25, 0.3) is 5.91 Å². The number of benzene rings is 1. The third-order valence-electron chi connectivity index (χ3n) is 5.17. The lowest BCUT2D eigenvalue weighted by Gasteiger charge is -2.33. The maximum atomic E-state index is 13.1. The Morgan fingerprint density at radius 1 is 1.10 bits per heavy atom. The number of carbonyl (C=O) groups excluding carboxylic acids is 1. The quantitative estimate of drug-likeness (QED) is 0.691. The van der Waals surface area contributed by atoms with Crippen LogP contribution >= 0.6 is 0 Å². The molecule has 7 nitrogen and oxygen atoms in total. The summed E-state index contributed by atoms with van der Waals surface area (Å²) in [5, 5.41) is 3.37. The molecule has 0 atom stereocenters. The molecule has 2 aromatic rings. The first-order valence-corrected chi connectivity index (χ1v) is 10.4. The van der Waals surface area contributed by atoms with Crippen molar-refractivity contribution >= 4 is 11.7 Å². The number of nitrogens with zero attached hydrogens (tertiary/aromatic N) is 5. The minimum absolute atomic E-state index is 0.0170. The monoisotopic (exact) mass is 396 g/mol. The third-order valence-corrected chi connectivity index (χ3v) is 5.17. The molecular weight excluding hydrogens is 364 g/mol. The number of hydrogen-bond acceptors (Lipinski definition) is 6. The Bertz CT molecular complexity index is 787. The van der Waals surface area contributed by atoms with Gasteiger partial charge >= 0.3 is 0 Å². The van der Waals surface area contributed by atoms with Crippen molar-refractivity contribution in [2.24, 2.45) is 0 Å². The molecule has 156 valence electrons. The summed E-state index contributed by atoms with van der Waals surface area (Å²) in [7, 11) is 4.13. The van der Waals surface area contributed by atoms with Gasteiger partial charge in [-0.2, -0.15) is 0 Å². The van der Waals surface area contributed by atoms with Crippen LogP contribution in [-0.4, -0.2) is 90.5 Å². The van der Waals surface area contributed by atoms with Crippen molar-refractivity contribution in [2.75, 3.05) is 65.2 Å². The lowest BCUT2D eigenvalue weighted by atomic mass is 10.2. The van der Waals surface area contributed by atoms with Crippen LogP contribution in [0.15, 0.2) is 36.4 Å². The third kappa shape index (κ3) is 5.98. The van der Waals surface area contributed by atoms with E-state index >= 15 is 0 Å². The maximum Gasteiger partial charge on any atom is 0.272 e. The van der Waals surface area contributed by atoms with Crippen molar-refractivity contribution in [2.45, 2.75) is 13.3 Å². The summed E-state index contributed by atoms with van der Waals surface area (Å²) >= 11 is 0. The first-order valence-electron chi connectivity index (χ1n) is 10.4. The average Bonchev–Trinajstić information content (AvgIpc) is 2.76. The van der Waals surface area contributed by atoms with Crippen molar-refractivity contribution in [3.05, 3.63) is 42.1 Å². The van der Waals surface area contributed by atoms with Crippen LogP contribution in [0.4, 0.5) is 5.82 Å². The van der Waals surface area contributed by atoms with Crippen LogP contribution in [0.5, 0.6) is 0 Å². The molecule has 0 aliphatic carbocycles. The number of likely N-dealkylation sites (N-methyl/N-ethyl adjacent to an activating group) is 1. The summed E-state index contributed by atoms with van der Waals surface area (Å²) < 4.78 is 0. The Hall–Kier alpha value is -2.51. The highest BCUT2D eigenvalue weighted by atomic mass is 16.2. The van der Waals surface area contributed by atoms with Crippen molar-refractivity contribution < 1.29 is 4.79 Å². The van der Waals surface area contributed by atoms with Crippen LogP contribution in [0, 0.1) is 0 Å². The second kappa shape index (κ2) is 10.3. The number of anilines is 1. The van der Waals surface area contributed by atoms with Gasteiger partial charge in [-0.05, 0) is 33.6 Å². The second-order valence-corrected chi connectivity index (χ2v) is 7.64. The first kappa shape index (κ1) is 21.2. The largest absolute Gasteiger partial charge is 0.370 e. The molecule has 1 fully saturated rings. The van der Waals surface area contributed by atoms with E-state index in [1.807, 2.05) is 35.2 Å². The molecule has 1 saturated heterocycles. The lowest BCUT2D eigenvalue weighted by molar-refractivity contribution is 0.0637. The molecule has 0 unspecified atom stereocenters. The number of amides is 1. The summed E-state index contributed by atoms with van der Waals surface area (Å²) in [6, 6.07) is 11.6. The minimum atomic E-state index is -0.0170. The molecule has 1 aliphatic heterocycles. The zero-order valence-corrected chi connectivity index (χ0v) is 17.8. The molecule has 0 radical (unpaired) electrons. The van der Waals surface area contributed by atoms with E-state index in [1.165, 1.54) is 0 Å². The Kier molecular flexibility index (Phi) is 7.55. The highest BCUT2D eigenvalue weighted by molar-refractivity contribution is 5.93. The fourth-order valence-electron chi connectivity index (χ4n) is 3.40. The molecule has 1 aliphatic rings. The summed E-state index contributed by atoms with van der Waals surface area (Å²) in [4.78, 5) is 28.8. The first-order chi connectivity index (χ1) is 14.1. The van der Waals surface area contributed by atoms with E-state index in [9.17, 15) is 4.79 Å². The van der Waals surface area contributed by atoms with E-state index in [1.54, 1.807) is 6.07 Å². The van der Waals surface area contributed by atoms with Gasteiger partial charge in [-0.25, -0.2) is 9.97 Å². The van der Waals surface area contributed by atoms with Crippen molar-refractivity contribution in [3.8, 4) is 11.4 Å². The topological polar surface area (TPSA) is 64.6 Å². The molecule has 2 heterocycles. The predicted molar refractivity (Wildman–Crippen MR) is 117 cm³/mol. The highest BCUT2D eigenvalue weighted by Crippen LogP contribution is 2.19. The number of carbonyl (C=O) groups is 1. The van der Waals surface area contributed by atoms with E-state index in [-0.39, 0.29) is 5.91 Å². The van der Waals surface area contributed by atoms with Crippen LogP contribution in [0.1, 0.15) is 23.8 Å². The van der Waals surface area contributed by atoms with Gasteiger partial charge in [-0.15, -0.1) is 0 Å². The summed E-state index contributed by atoms with van der Waals surface area (Å²) in [5.74, 6) is 1.27. The zero-order valence-electron chi connectivity index (χ0n) is 17.8. The van der Waals surface area contributed by atoms with E-state index < -0.39 is 0 Å². The molecule has 0 bridgehead atoms. The SMILES string of the molecule is CCN1CCN(C(=O)c2cc(NCCCN(C)C)nc(-c3ccccc3)n2)CC1. The minimum Gasteiger partial charge on any atom is -0.370 e. The standard InChI is InChI=1S/C22H32N6O/c1-4-27-13-15-28(16-14-27)22(29)19-17-20(23-11-8-12-26(2)3)25-21(24-19)18-9-6-5-7-10-18/h5-7,9-10,17H,4,8,11-16H2,1-3H3,(H,23,24,25). The Labute approximate surface area is 173 Å². The number of rotatable bonds is 8. The maximum absolute atomic E-state index is 13.1. The van der Waals surface area contributed by atoms with Crippen LogP contribution < -0.4 is 5.32 Å². The second-order valence-electron chi connectivity index (χ2n) is 7.64. The van der Waals surface area contributed by atoms with E-state index in [0.717, 1.165) is 57.8 Å². The Morgan fingerprint density at radius 2 is 1.83 bits per heavy atom. The van der Waals surface area contributed by atoms with E-state index in [0.29, 0.717) is 17.3 Å². The molecule has 0 saturated carbocycles. The molecule has 0 spiro atoms. The van der Waals surface area contributed by atoms with Gasteiger partial charge in [-0.3, -0.25) is 4.79 Å². The summed E-state index contributed by atoms with van der Waals surface area (Å²) in [6.07, 6.45) is 1.000. The normalized spacial score (nSPS) is 15.0. The van der Waals surface area contributed by atoms with E-state index in [2.05, 4.69) is 46.1 Å².